The topological polar surface area (TPSA) is 67.8 Å². The lowest BCUT2D eigenvalue weighted by Gasteiger charge is -2.22. The molecule has 0 aromatic rings. The van der Waals surface area contributed by atoms with Crippen LogP contribution in [0.5, 0.6) is 0 Å². The van der Waals surface area contributed by atoms with Gasteiger partial charge >= 0.3 is 0 Å². The van der Waals surface area contributed by atoms with Crippen LogP contribution in [0.4, 0.5) is 0 Å². The van der Waals surface area contributed by atoms with E-state index in [1.54, 1.807) is 0 Å². The Bertz CT molecular complexity index is 240. The molecule has 0 saturated heterocycles. The van der Waals surface area contributed by atoms with Gasteiger partial charge in [-0.25, -0.2) is 0 Å². The van der Waals surface area contributed by atoms with Gasteiger partial charge in [0.2, 0.25) is 0 Å². The summed E-state index contributed by atoms with van der Waals surface area (Å²) in [6.07, 6.45) is 5.43. The van der Waals surface area contributed by atoms with Gasteiger partial charge in [0.05, 0.1) is 0 Å². The molecule has 0 radical (unpaired) electrons. The summed E-state index contributed by atoms with van der Waals surface area (Å²) in [5.74, 6) is 0.962. The first-order chi connectivity index (χ1) is 8.44. The van der Waals surface area contributed by atoms with E-state index < -0.39 is 0 Å². The summed E-state index contributed by atoms with van der Waals surface area (Å²) in [6.45, 7) is 10.1. The van der Waals surface area contributed by atoms with Gasteiger partial charge in [0.1, 0.15) is 5.84 Å². The third kappa shape index (κ3) is 7.54. The molecule has 0 bridgehead atoms. The minimum absolute atomic E-state index is 0.232. The highest BCUT2D eigenvalue weighted by Gasteiger charge is 2.22. The monoisotopic (exact) mass is 258 g/mol. The Morgan fingerprint density at radius 1 is 1.39 bits per heavy atom. The summed E-state index contributed by atoms with van der Waals surface area (Å²) in [5.41, 5.74) is 5.40. The smallest absolute Gasteiger partial charge is 0.144 e. The summed E-state index contributed by atoms with van der Waals surface area (Å²) in [5, 5.41) is 11.7. The minimum atomic E-state index is -0.232. The lowest BCUT2D eigenvalue weighted by Crippen LogP contribution is -2.31. The van der Waals surface area contributed by atoms with Gasteiger partial charge in [0.15, 0.2) is 0 Å². The van der Waals surface area contributed by atoms with Crippen molar-refractivity contribution in [2.24, 2.45) is 22.2 Å². The Morgan fingerprint density at radius 3 is 2.61 bits per heavy atom. The lowest BCUT2D eigenvalue weighted by atomic mass is 9.86. The van der Waals surface area contributed by atoms with E-state index in [-0.39, 0.29) is 5.41 Å². The molecule has 0 fully saturated rings. The molecule has 0 aliphatic heterocycles. The normalized spacial score (nSPS) is 14.8. The van der Waals surface area contributed by atoms with Crippen molar-refractivity contribution in [2.75, 3.05) is 13.2 Å². The van der Waals surface area contributed by atoms with Crippen molar-refractivity contribution in [2.45, 2.75) is 59.8 Å². The van der Waals surface area contributed by atoms with Crippen LogP contribution in [-0.4, -0.2) is 24.3 Å². The van der Waals surface area contributed by atoms with Crippen LogP contribution in [0, 0.1) is 11.3 Å². The summed E-state index contributed by atoms with van der Waals surface area (Å²) in [7, 11) is 0. The number of hydrogen-bond donors (Lipinski definition) is 2. The van der Waals surface area contributed by atoms with Crippen molar-refractivity contribution in [3.8, 4) is 0 Å². The van der Waals surface area contributed by atoms with Gasteiger partial charge in [0.25, 0.3) is 0 Å². The summed E-state index contributed by atoms with van der Waals surface area (Å²) in [6, 6.07) is 0. The fourth-order valence-corrected chi connectivity index (χ4v) is 1.90. The van der Waals surface area contributed by atoms with Crippen LogP contribution < -0.4 is 5.73 Å². The lowest BCUT2D eigenvalue weighted by molar-refractivity contribution is 0.0973. The number of hydrogen-bond acceptors (Lipinski definition) is 3. The highest BCUT2D eigenvalue weighted by Crippen LogP contribution is 2.23. The van der Waals surface area contributed by atoms with Crippen molar-refractivity contribution in [3.63, 3.8) is 0 Å². The van der Waals surface area contributed by atoms with E-state index in [4.69, 9.17) is 15.7 Å². The maximum absolute atomic E-state index is 8.66. The van der Waals surface area contributed by atoms with Gasteiger partial charge in [-0.3, -0.25) is 0 Å². The third-order valence-corrected chi connectivity index (χ3v) is 3.33. The number of ether oxygens (including phenoxy) is 1. The molecular weight excluding hydrogens is 228 g/mol. The van der Waals surface area contributed by atoms with E-state index in [1.165, 1.54) is 12.8 Å². The number of nitrogens with zero attached hydrogens (tertiary/aromatic N) is 1. The Balaban J connectivity index is 3.57. The number of unbranched alkanes of at least 4 members (excludes halogenated alkanes) is 1. The Morgan fingerprint density at radius 2 is 2.06 bits per heavy atom. The zero-order valence-electron chi connectivity index (χ0n) is 12.4. The van der Waals surface area contributed by atoms with Crippen LogP contribution in [0.1, 0.15) is 59.8 Å². The molecule has 18 heavy (non-hydrogen) atoms. The van der Waals surface area contributed by atoms with Crippen LogP contribution in [0.3, 0.4) is 0 Å². The second-order valence-corrected chi connectivity index (χ2v) is 5.79. The first-order valence-corrected chi connectivity index (χ1v) is 6.99. The zero-order chi connectivity index (χ0) is 14.0. The van der Waals surface area contributed by atoms with Crippen LogP contribution in [0.15, 0.2) is 5.16 Å². The molecule has 0 rings (SSSR count). The second-order valence-electron chi connectivity index (χ2n) is 5.79. The molecule has 3 N–H and O–H groups in total. The molecule has 1 unspecified atom stereocenters. The predicted octanol–water partition coefficient (Wildman–Crippen LogP) is 3.38. The molecule has 0 aliphatic rings. The molecule has 0 spiro atoms. The first-order valence-electron chi connectivity index (χ1n) is 6.99. The van der Waals surface area contributed by atoms with E-state index >= 15 is 0 Å². The van der Waals surface area contributed by atoms with Crippen LogP contribution >= 0.6 is 0 Å². The van der Waals surface area contributed by atoms with Gasteiger partial charge in [-0.15, -0.1) is 0 Å². The standard InChI is InChI=1S/C14H30N2O2/c1-5-8-12(2)11-18-10-7-6-9-14(3,4)13(15)16-17/h12,17H,5-11H2,1-4H3,(H2,15,16). The van der Waals surface area contributed by atoms with Crippen LogP contribution in [-0.2, 0) is 4.74 Å². The molecule has 0 saturated carbocycles. The Labute approximate surface area is 112 Å². The molecule has 0 aliphatic carbocycles. The number of oxime groups is 1. The number of rotatable bonds is 10. The Hall–Kier alpha value is -0.770. The van der Waals surface area contributed by atoms with Crippen LogP contribution in [0.25, 0.3) is 0 Å². The van der Waals surface area contributed by atoms with E-state index in [0.717, 1.165) is 32.5 Å². The van der Waals surface area contributed by atoms with Gasteiger partial charge < -0.3 is 15.7 Å². The highest BCUT2D eigenvalue weighted by molar-refractivity contribution is 5.85. The van der Waals surface area contributed by atoms with Crippen molar-refractivity contribution >= 4 is 5.84 Å². The average Bonchev–Trinajstić information content (AvgIpc) is 2.32. The van der Waals surface area contributed by atoms with E-state index in [0.29, 0.717) is 11.8 Å². The summed E-state index contributed by atoms with van der Waals surface area (Å²) >= 11 is 0. The SMILES string of the molecule is CCCC(C)COCCCCC(C)(C)C(N)=NO. The van der Waals surface area contributed by atoms with Gasteiger partial charge in [-0.1, -0.05) is 45.7 Å². The zero-order valence-corrected chi connectivity index (χ0v) is 12.4. The van der Waals surface area contributed by atoms with Crippen molar-refractivity contribution in [1.82, 2.24) is 0 Å². The molecule has 4 nitrogen and oxygen atoms in total. The van der Waals surface area contributed by atoms with E-state index in [1.807, 2.05) is 13.8 Å². The predicted molar refractivity (Wildman–Crippen MR) is 75.9 cm³/mol. The van der Waals surface area contributed by atoms with E-state index in [9.17, 15) is 0 Å². The van der Waals surface area contributed by atoms with E-state index in [2.05, 4.69) is 19.0 Å². The number of nitrogens with two attached hydrogens (primary N) is 1. The third-order valence-electron chi connectivity index (χ3n) is 3.33. The molecule has 108 valence electrons. The van der Waals surface area contributed by atoms with Gasteiger partial charge in [-0.2, -0.15) is 0 Å². The number of amidine groups is 1. The summed E-state index contributed by atoms with van der Waals surface area (Å²) < 4.78 is 5.64. The molecule has 0 aromatic heterocycles. The van der Waals surface area contributed by atoms with Crippen LogP contribution in [0.2, 0.25) is 0 Å². The van der Waals surface area contributed by atoms with Crippen molar-refractivity contribution < 1.29 is 9.94 Å². The molecule has 1 atom stereocenters. The maximum atomic E-state index is 8.66. The van der Waals surface area contributed by atoms with Gasteiger partial charge in [0, 0.05) is 18.6 Å². The minimum Gasteiger partial charge on any atom is -0.409 e. The molecule has 4 heteroatoms. The highest BCUT2D eigenvalue weighted by atomic mass is 16.5. The fourth-order valence-electron chi connectivity index (χ4n) is 1.90. The summed E-state index contributed by atoms with van der Waals surface area (Å²) in [4.78, 5) is 0. The van der Waals surface area contributed by atoms with Crippen molar-refractivity contribution in [1.29, 1.82) is 0 Å². The quantitative estimate of drug-likeness (QED) is 0.207. The largest absolute Gasteiger partial charge is 0.409 e. The van der Waals surface area contributed by atoms with Crippen molar-refractivity contribution in [3.05, 3.63) is 0 Å². The van der Waals surface area contributed by atoms with Gasteiger partial charge in [-0.05, 0) is 25.2 Å². The molecule has 0 heterocycles. The molecule has 0 aromatic carbocycles. The first kappa shape index (κ1) is 17.2. The fraction of sp³-hybridized carbons (Fsp3) is 0.929. The molecular formula is C14H30N2O2. The Kier molecular flexibility index (Phi) is 8.81. The molecule has 0 amide bonds. The maximum Gasteiger partial charge on any atom is 0.144 e. The second kappa shape index (κ2) is 9.20. The average molecular weight is 258 g/mol.